The van der Waals surface area contributed by atoms with Gasteiger partial charge in [-0.2, -0.15) is 0 Å². The first-order chi connectivity index (χ1) is 9.71. The minimum Gasteiger partial charge on any atom is -0.493 e. The molecule has 2 rings (SSSR count). The van der Waals surface area contributed by atoms with E-state index >= 15 is 0 Å². The van der Waals surface area contributed by atoms with Crippen LogP contribution in [0.25, 0.3) is 11.0 Å². The van der Waals surface area contributed by atoms with Crippen molar-refractivity contribution < 1.29 is 14.2 Å². The van der Waals surface area contributed by atoms with Gasteiger partial charge in [-0.05, 0) is 25.1 Å². The van der Waals surface area contributed by atoms with E-state index in [9.17, 15) is 0 Å². The average Bonchev–Trinajstić information content (AvgIpc) is 2.77. The van der Waals surface area contributed by atoms with Gasteiger partial charge in [0.05, 0.1) is 25.3 Å². The van der Waals surface area contributed by atoms with Crippen molar-refractivity contribution in [2.24, 2.45) is 0 Å². The lowest BCUT2D eigenvalue weighted by atomic mass is 10.2. The maximum atomic E-state index is 5.38. The number of aromatic amines is 1. The van der Waals surface area contributed by atoms with Gasteiger partial charge in [0.1, 0.15) is 0 Å². The second kappa shape index (κ2) is 6.76. The molecule has 0 saturated heterocycles. The van der Waals surface area contributed by atoms with Gasteiger partial charge in [0, 0.05) is 32.4 Å². The van der Waals surface area contributed by atoms with E-state index in [2.05, 4.69) is 9.55 Å². The minimum atomic E-state index is 0.697. The lowest BCUT2D eigenvalue weighted by Gasteiger charge is -2.09. The zero-order chi connectivity index (χ0) is 14.5. The molecule has 0 unspecified atom stereocenters. The number of ether oxygens (including phenoxy) is 3. The summed E-state index contributed by atoms with van der Waals surface area (Å²) in [4.78, 5) is 3.20. The van der Waals surface area contributed by atoms with E-state index in [0.29, 0.717) is 16.3 Å². The summed E-state index contributed by atoms with van der Waals surface area (Å²) >= 11 is 5.38. The fraction of sp³-hybridized carbons (Fsp3) is 0.500. The van der Waals surface area contributed by atoms with Crippen LogP contribution in [0.2, 0.25) is 0 Å². The highest BCUT2D eigenvalue weighted by molar-refractivity contribution is 7.71. The Morgan fingerprint density at radius 3 is 2.45 bits per heavy atom. The van der Waals surface area contributed by atoms with E-state index in [-0.39, 0.29) is 0 Å². The lowest BCUT2D eigenvalue weighted by molar-refractivity contribution is 0.191. The van der Waals surface area contributed by atoms with Gasteiger partial charge in [0.25, 0.3) is 0 Å². The molecule has 20 heavy (non-hydrogen) atoms. The normalized spacial score (nSPS) is 10.9. The number of methoxy groups -OCH3 is 3. The predicted octanol–water partition coefficient (Wildman–Crippen LogP) is 3.14. The number of H-pyrrole nitrogens is 1. The molecule has 0 radical (unpaired) electrons. The van der Waals surface area contributed by atoms with Crippen LogP contribution in [0.4, 0.5) is 0 Å². The molecule has 0 fully saturated rings. The van der Waals surface area contributed by atoms with E-state index in [1.807, 2.05) is 12.1 Å². The molecular formula is C14H20N2O3S. The van der Waals surface area contributed by atoms with E-state index in [0.717, 1.165) is 37.0 Å². The molecule has 6 heteroatoms. The molecular weight excluding hydrogens is 276 g/mol. The number of hydrogen-bond acceptors (Lipinski definition) is 4. The fourth-order valence-corrected chi connectivity index (χ4v) is 2.52. The largest absolute Gasteiger partial charge is 0.493 e. The summed E-state index contributed by atoms with van der Waals surface area (Å²) < 4.78 is 18.5. The first-order valence-corrected chi connectivity index (χ1v) is 6.95. The predicted molar refractivity (Wildman–Crippen MR) is 81.3 cm³/mol. The molecule has 1 aromatic heterocycles. The Hall–Kier alpha value is -1.53. The topological polar surface area (TPSA) is 48.4 Å². The SMILES string of the molecule is COCCCCn1c(=S)[nH]c2cc(OC)c(OC)cc21. The quantitative estimate of drug-likeness (QED) is 0.630. The zero-order valence-corrected chi connectivity index (χ0v) is 12.9. The highest BCUT2D eigenvalue weighted by Gasteiger charge is 2.10. The monoisotopic (exact) mass is 296 g/mol. The van der Waals surface area contributed by atoms with E-state index < -0.39 is 0 Å². The van der Waals surface area contributed by atoms with Crippen LogP contribution in [-0.4, -0.2) is 37.5 Å². The molecule has 0 amide bonds. The number of rotatable bonds is 7. The second-order valence-corrected chi connectivity index (χ2v) is 4.89. The molecule has 1 heterocycles. The number of benzene rings is 1. The van der Waals surface area contributed by atoms with Crippen LogP contribution in [0, 0.1) is 4.77 Å². The Labute approximate surface area is 123 Å². The van der Waals surface area contributed by atoms with Gasteiger partial charge in [0.15, 0.2) is 16.3 Å². The number of nitrogens with one attached hydrogen (secondary N) is 1. The molecule has 0 saturated carbocycles. The Bertz CT molecular complexity index is 633. The first-order valence-electron chi connectivity index (χ1n) is 6.54. The second-order valence-electron chi connectivity index (χ2n) is 4.51. The summed E-state index contributed by atoms with van der Waals surface area (Å²) in [6, 6.07) is 3.87. The number of nitrogens with zero attached hydrogens (tertiary/aromatic N) is 1. The summed E-state index contributed by atoms with van der Waals surface area (Å²) in [6.45, 7) is 1.63. The standard InChI is InChI=1S/C14H20N2O3S/c1-17-7-5-4-6-16-11-9-13(19-3)12(18-2)8-10(11)15-14(16)20/h8-9H,4-7H2,1-3H3,(H,15,20). The number of hydrogen-bond donors (Lipinski definition) is 1. The summed E-state index contributed by atoms with van der Waals surface area (Å²) in [7, 11) is 4.97. The summed E-state index contributed by atoms with van der Waals surface area (Å²) in [5.41, 5.74) is 1.99. The Morgan fingerprint density at radius 1 is 1.10 bits per heavy atom. The van der Waals surface area contributed by atoms with Crippen LogP contribution in [0.3, 0.4) is 0 Å². The molecule has 0 spiro atoms. The van der Waals surface area contributed by atoms with Crippen LogP contribution in [0.15, 0.2) is 12.1 Å². The summed E-state index contributed by atoms with van der Waals surface area (Å²) in [5, 5.41) is 0. The molecule has 1 N–H and O–H groups in total. The van der Waals surface area contributed by atoms with Crippen LogP contribution >= 0.6 is 12.2 Å². The highest BCUT2D eigenvalue weighted by Crippen LogP contribution is 2.31. The molecule has 0 aliphatic heterocycles. The van der Waals surface area contributed by atoms with Gasteiger partial charge < -0.3 is 23.8 Å². The maximum Gasteiger partial charge on any atom is 0.178 e. The van der Waals surface area contributed by atoms with Crippen molar-refractivity contribution in [2.45, 2.75) is 19.4 Å². The van der Waals surface area contributed by atoms with Crippen LogP contribution in [0.5, 0.6) is 11.5 Å². The molecule has 0 aliphatic carbocycles. The third-order valence-electron chi connectivity index (χ3n) is 3.26. The van der Waals surface area contributed by atoms with E-state index in [1.54, 1.807) is 21.3 Å². The number of imidazole rings is 1. The van der Waals surface area contributed by atoms with Gasteiger partial charge in [-0.1, -0.05) is 0 Å². The van der Waals surface area contributed by atoms with Crippen LogP contribution in [-0.2, 0) is 11.3 Å². The van der Waals surface area contributed by atoms with Gasteiger partial charge in [-0.3, -0.25) is 0 Å². The fourth-order valence-electron chi connectivity index (χ4n) is 2.22. The van der Waals surface area contributed by atoms with Crippen LogP contribution in [0.1, 0.15) is 12.8 Å². The minimum absolute atomic E-state index is 0.697. The Kier molecular flexibility index (Phi) is 5.03. The summed E-state index contributed by atoms with van der Waals surface area (Å²) in [6.07, 6.45) is 2.03. The zero-order valence-electron chi connectivity index (χ0n) is 12.1. The van der Waals surface area contributed by atoms with Crippen molar-refractivity contribution in [3.05, 3.63) is 16.9 Å². The number of unbranched alkanes of at least 4 members (excludes halogenated alkanes) is 1. The maximum absolute atomic E-state index is 5.38. The number of fused-ring (bicyclic) bond motifs is 1. The van der Waals surface area contributed by atoms with Gasteiger partial charge in [-0.25, -0.2) is 0 Å². The van der Waals surface area contributed by atoms with Crippen LogP contribution < -0.4 is 9.47 Å². The Morgan fingerprint density at radius 2 is 1.80 bits per heavy atom. The van der Waals surface area contributed by atoms with Gasteiger partial charge in [0.2, 0.25) is 0 Å². The highest BCUT2D eigenvalue weighted by atomic mass is 32.1. The third-order valence-corrected chi connectivity index (χ3v) is 3.58. The first kappa shape index (κ1) is 14.9. The molecule has 110 valence electrons. The molecule has 1 aromatic carbocycles. The number of aryl methyl sites for hydroxylation is 1. The lowest BCUT2D eigenvalue weighted by Crippen LogP contribution is -2.00. The van der Waals surface area contributed by atoms with Gasteiger partial charge >= 0.3 is 0 Å². The molecule has 0 bridgehead atoms. The van der Waals surface area contributed by atoms with Crippen molar-refractivity contribution in [1.82, 2.24) is 9.55 Å². The van der Waals surface area contributed by atoms with E-state index in [1.165, 1.54) is 0 Å². The van der Waals surface area contributed by atoms with Crippen molar-refractivity contribution in [2.75, 3.05) is 27.9 Å². The molecule has 0 atom stereocenters. The molecule has 0 aliphatic rings. The van der Waals surface area contributed by atoms with Crippen molar-refractivity contribution in [3.8, 4) is 11.5 Å². The molecule has 2 aromatic rings. The average molecular weight is 296 g/mol. The Balaban J connectivity index is 2.34. The molecule has 5 nitrogen and oxygen atoms in total. The number of aromatic nitrogens is 2. The third kappa shape index (κ3) is 2.96. The van der Waals surface area contributed by atoms with E-state index in [4.69, 9.17) is 26.4 Å². The van der Waals surface area contributed by atoms with Crippen molar-refractivity contribution >= 4 is 23.3 Å². The van der Waals surface area contributed by atoms with Crippen molar-refractivity contribution in [1.29, 1.82) is 0 Å². The smallest absolute Gasteiger partial charge is 0.178 e. The van der Waals surface area contributed by atoms with Gasteiger partial charge in [-0.15, -0.1) is 0 Å². The van der Waals surface area contributed by atoms with Crippen molar-refractivity contribution in [3.63, 3.8) is 0 Å². The summed E-state index contributed by atoms with van der Waals surface area (Å²) in [5.74, 6) is 1.41.